The van der Waals surface area contributed by atoms with Crippen molar-refractivity contribution >= 4 is 29.5 Å². The second kappa shape index (κ2) is 15.1. The van der Waals surface area contributed by atoms with Crippen LogP contribution in [0.5, 0.6) is 11.5 Å². The minimum absolute atomic E-state index is 0.198. The van der Waals surface area contributed by atoms with Crippen LogP contribution in [-0.2, 0) is 27.3 Å². The first-order chi connectivity index (χ1) is 21.1. The van der Waals surface area contributed by atoms with Gasteiger partial charge in [0.2, 0.25) is 5.91 Å². The van der Waals surface area contributed by atoms with Crippen LogP contribution >= 0.6 is 11.8 Å². The van der Waals surface area contributed by atoms with Gasteiger partial charge in [0.05, 0.1) is 18.5 Å². The number of nitrogens with zero attached hydrogens (tertiary/aromatic N) is 1. The molecule has 1 saturated heterocycles. The van der Waals surface area contributed by atoms with Crippen molar-refractivity contribution in [2.75, 3.05) is 19.1 Å². The van der Waals surface area contributed by atoms with Gasteiger partial charge in [0.15, 0.2) is 24.2 Å². The van der Waals surface area contributed by atoms with E-state index in [0.29, 0.717) is 24.7 Å². The molecule has 0 spiro atoms. The Labute approximate surface area is 263 Å². The number of aryl methyl sites for hydroxylation is 1. The third kappa shape index (κ3) is 8.33. The summed E-state index contributed by atoms with van der Waals surface area (Å²) >= 11 is 1.47. The lowest BCUT2D eigenvalue weighted by Gasteiger charge is -2.33. The number of benzene rings is 3. The lowest BCUT2D eigenvalue weighted by molar-refractivity contribution is -0.148. The fraction of sp³-hybridized carbons (Fsp3) is 0.382. The monoisotopic (exact) mass is 619 g/mol. The van der Waals surface area contributed by atoms with Gasteiger partial charge in [-0.05, 0) is 62.9 Å². The second-order valence-electron chi connectivity index (χ2n) is 11.2. The van der Waals surface area contributed by atoms with Gasteiger partial charge in [-0.1, -0.05) is 66.7 Å². The van der Waals surface area contributed by atoms with Crippen molar-refractivity contribution in [2.45, 2.75) is 63.6 Å². The first-order valence-electron chi connectivity index (χ1n) is 14.7. The number of hydrogen-bond donors (Lipinski definition) is 3. The highest BCUT2D eigenvalue weighted by atomic mass is 32.2. The Morgan fingerprint density at radius 2 is 1.61 bits per heavy atom. The fourth-order valence-corrected chi connectivity index (χ4v) is 6.33. The normalized spacial score (nSPS) is 16.9. The van der Waals surface area contributed by atoms with Gasteiger partial charge in [-0.15, -0.1) is 11.8 Å². The minimum atomic E-state index is -1.60. The fourth-order valence-electron chi connectivity index (χ4n) is 5.19. The number of rotatable bonds is 13. The molecule has 1 heterocycles. The molecular formula is C34H41N3O6S. The number of aliphatic hydroxyl groups is 1. The molecule has 0 aliphatic carbocycles. The SMILES string of the molecule is CCOc1ccccc1OCC(=O)N[C@@H](Cc1ccccc1)[C@H](O)C(=O)N1CSC(C)(C)[C@H]1C(=O)NCc1ccccc1C. The van der Waals surface area contributed by atoms with Crippen LogP contribution in [0.2, 0.25) is 0 Å². The molecule has 0 bridgehead atoms. The van der Waals surface area contributed by atoms with E-state index in [-0.39, 0.29) is 24.8 Å². The van der Waals surface area contributed by atoms with Crippen LogP contribution < -0.4 is 20.1 Å². The van der Waals surface area contributed by atoms with Crippen LogP contribution in [0, 0.1) is 6.92 Å². The van der Waals surface area contributed by atoms with E-state index in [2.05, 4.69) is 10.6 Å². The summed E-state index contributed by atoms with van der Waals surface area (Å²) in [6, 6.07) is 22.3. The number of aliphatic hydroxyl groups excluding tert-OH is 1. The standard InChI is InChI=1S/C34H41N3O6S/c1-5-42-27-17-11-12-18-28(27)43-21-29(38)36-26(19-24-14-7-6-8-15-24)30(39)33(41)37-22-44-34(3,4)31(37)32(40)35-20-25-16-10-9-13-23(25)2/h6-18,26,30-31,39H,5,19-22H2,1-4H3,(H,35,40)(H,36,38)/t26-,30-,31+/m0/s1. The van der Waals surface area contributed by atoms with Crippen molar-refractivity contribution in [1.82, 2.24) is 15.5 Å². The van der Waals surface area contributed by atoms with Gasteiger partial charge < -0.3 is 30.1 Å². The van der Waals surface area contributed by atoms with Crippen LogP contribution in [-0.4, -0.2) is 69.8 Å². The van der Waals surface area contributed by atoms with Crippen LogP contribution in [0.3, 0.4) is 0 Å². The van der Waals surface area contributed by atoms with Crippen molar-refractivity contribution in [3.05, 3.63) is 95.6 Å². The molecule has 0 saturated carbocycles. The van der Waals surface area contributed by atoms with Gasteiger partial charge in [-0.3, -0.25) is 14.4 Å². The summed E-state index contributed by atoms with van der Waals surface area (Å²) in [5.74, 6) is -0.268. The molecule has 44 heavy (non-hydrogen) atoms. The average molecular weight is 620 g/mol. The molecule has 234 valence electrons. The summed E-state index contributed by atoms with van der Waals surface area (Å²) in [6.45, 7) is 8.09. The van der Waals surface area contributed by atoms with E-state index < -0.39 is 34.7 Å². The van der Waals surface area contributed by atoms with Crippen LogP contribution in [0.15, 0.2) is 78.9 Å². The summed E-state index contributed by atoms with van der Waals surface area (Å²) < 4.78 is 10.7. The molecular weight excluding hydrogens is 578 g/mol. The first kappa shape index (κ1) is 32.9. The van der Waals surface area contributed by atoms with Gasteiger partial charge in [0.25, 0.3) is 11.8 Å². The Balaban J connectivity index is 1.48. The highest BCUT2D eigenvalue weighted by Gasteiger charge is 2.49. The molecule has 3 amide bonds. The van der Waals surface area contributed by atoms with E-state index in [4.69, 9.17) is 9.47 Å². The molecule has 10 heteroatoms. The van der Waals surface area contributed by atoms with E-state index in [1.165, 1.54) is 16.7 Å². The van der Waals surface area contributed by atoms with Gasteiger partial charge in [-0.2, -0.15) is 0 Å². The van der Waals surface area contributed by atoms with Crippen LogP contribution in [0.1, 0.15) is 37.5 Å². The molecule has 3 atom stereocenters. The molecule has 0 aromatic heterocycles. The van der Waals surface area contributed by atoms with Gasteiger partial charge in [-0.25, -0.2) is 0 Å². The predicted octanol–water partition coefficient (Wildman–Crippen LogP) is 3.86. The second-order valence-corrected chi connectivity index (χ2v) is 12.8. The largest absolute Gasteiger partial charge is 0.490 e. The smallest absolute Gasteiger partial charge is 0.258 e. The highest BCUT2D eigenvalue weighted by molar-refractivity contribution is 8.00. The Bertz CT molecular complexity index is 1430. The van der Waals surface area contributed by atoms with E-state index in [9.17, 15) is 19.5 Å². The molecule has 1 fully saturated rings. The molecule has 0 radical (unpaired) electrons. The minimum Gasteiger partial charge on any atom is -0.490 e. The summed E-state index contributed by atoms with van der Waals surface area (Å²) in [5.41, 5.74) is 2.87. The molecule has 3 aromatic rings. The topological polar surface area (TPSA) is 117 Å². The summed E-state index contributed by atoms with van der Waals surface area (Å²) in [4.78, 5) is 41.9. The van der Waals surface area contributed by atoms with E-state index in [0.717, 1.165) is 16.7 Å². The maximum atomic E-state index is 13.9. The van der Waals surface area contributed by atoms with Crippen LogP contribution in [0.4, 0.5) is 0 Å². The maximum Gasteiger partial charge on any atom is 0.258 e. The average Bonchev–Trinajstić information content (AvgIpc) is 3.34. The molecule has 1 aliphatic heterocycles. The Morgan fingerprint density at radius 3 is 2.30 bits per heavy atom. The van der Waals surface area contributed by atoms with Crippen molar-refractivity contribution in [3.63, 3.8) is 0 Å². The number of thioether (sulfide) groups is 1. The molecule has 3 N–H and O–H groups in total. The van der Waals surface area contributed by atoms with Crippen molar-refractivity contribution in [2.24, 2.45) is 0 Å². The number of amides is 3. The first-order valence-corrected chi connectivity index (χ1v) is 15.7. The summed E-state index contributed by atoms with van der Waals surface area (Å²) in [6.07, 6.45) is -1.40. The molecule has 1 aliphatic rings. The molecule has 4 rings (SSSR count). The summed E-state index contributed by atoms with van der Waals surface area (Å²) in [7, 11) is 0. The van der Waals surface area contributed by atoms with Gasteiger partial charge in [0, 0.05) is 11.3 Å². The zero-order valence-electron chi connectivity index (χ0n) is 25.6. The van der Waals surface area contributed by atoms with Crippen LogP contribution in [0.25, 0.3) is 0 Å². The highest BCUT2D eigenvalue weighted by Crippen LogP contribution is 2.40. The number of carbonyl (C=O) groups excluding carboxylic acids is 3. The number of ether oxygens (including phenoxy) is 2. The number of nitrogens with one attached hydrogen (secondary N) is 2. The molecule has 9 nitrogen and oxygen atoms in total. The predicted molar refractivity (Wildman–Crippen MR) is 171 cm³/mol. The van der Waals surface area contributed by atoms with E-state index in [1.54, 1.807) is 18.2 Å². The number of carbonyl (C=O) groups is 3. The lowest BCUT2D eigenvalue weighted by atomic mass is 9.97. The quantitative estimate of drug-likeness (QED) is 0.266. The van der Waals surface area contributed by atoms with Gasteiger partial charge in [0.1, 0.15) is 6.04 Å². The Hall–Kier alpha value is -4.02. The third-order valence-corrected chi connectivity index (χ3v) is 8.95. The maximum absolute atomic E-state index is 13.9. The van der Waals surface area contributed by atoms with Crippen molar-refractivity contribution in [3.8, 4) is 11.5 Å². The molecule has 3 aromatic carbocycles. The Kier molecular flexibility index (Phi) is 11.3. The Morgan fingerprint density at radius 1 is 0.977 bits per heavy atom. The number of para-hydroxylation sites is 2. The zero-order valence-corrected chi connectivity index (χ0v) is 26.4. The number of hydrogen-bond acceptors (Lipinski definition) is 7. The van der Waals surface area contributed by atoms with Crippen molar-refractivity contribution < 1.29 is 29.0 Å². The van der Waals surface area contributed by atoms with E-state index in [1.807, 2.05) is 88.4 Å². The zero-order chi connectivity index (χ0) is 31.7. The van der Waals surface area contributed by atoms with Crippen molar-refractivity contribution in [1.29, 1.82) is 0 Å². The summed E-state index contributed by atoms with van der Waals surface area (Å²) in [5, 5.41) is 17.2. The van der Waals surface area contributed by atoms with Gasteiger partial charge >= 0.3 is 0 Å². The molecule has 0 unspecified atom stereocenters. The lowest BCUT2D eigenvalue weighted by Crippen LogP contribution is -2.59. The van der Waals surface area contributed by atoms with E-state index >= 15 is 0 Å². The third-order valence-electron chi connectivity index (χ3n) is 7.58.